The number of ether oxygens (including phenoxy) is 2. The van der Waals surface area contributed by atoms with E-state index in [1.807, 2.05) is 12.1 Å². The topological polar surface area (TPSA) is 42.5 Å². The van der Waals surface area contributed by atoms with Gasteiger partial charge in [0.25, 0.3) is 0 Å². The van der Waals surface area contributed by atoms with Gasteiger partial charge in [-0.3, -0.25) is 0 Å². The lowest BCUT2D eigenvalue weighted by molar-refractivity contribution is 0.0168. The lowest BCUT2D eigenvalue weighted by Gasteiger charge is -2.12. The zero-order valence-corrected chi connectivity index (χ0v) is 13.4. The van der Waals surface area contributed by atoms with E-state index >= 15 is 0 Å². The highest BCUT2D eigenvalue weighted by Gasteiger charge is 2.14. The molecule has 1 aromatic rings. The molecular formula is C16H24N2O2S. The van der Waals surface area contributed by atoms with Gasteiger partial charge in [-0.25, -0.2) is 0 Å². The van der Waals surface area contributed by atoms with E-state index in [0.29, 0.717) is 17.8 Å². The third kappa shape index (κ3) is 6.42. The number of thiocarbonyl (C=S) groups is 1. The first kappa shape index (κ1) is 16.2. The van der Waals surface area contributed by atoms with Crippen LogP contribution in [0.5, 0.6) is 0 Å². The zero-order chi connectivity index (χ0) is 14.9. The molecule has 0 unspecified atom stereocenters. The molecule has 1 heterocycles. The van der Waals surface area contributed by atoms with E-state index in [4.69, 9.17) is 21.7 Å². The molecule has 0 saturated carbocycles. The summed E-state index contributed by atoms with van der Waals surface area (Å²) < 4.78 is 11.1. The second-order valence-corrected chi connectivity index (χ2v) is 5.72. The zero-order valence-electron chi connectivity index (χ0n) is 12.6. The normalized spacial score (nSPS) is 17.7. The van der Waals surface area contributed by atoms with Crippen LogP contribution < -0.4 is 10.6 Å². The molecule has 1 aliphatic heterocycles. The predicted molar refractivity (Wildman–Crippen MR) is 89.8 cm³/mol. The highest BCUT2D eigenvalue weighted by molar-refractivity contribution is 7.80. The third-order valence-corrected chi connectivity index (χ3v) is 3.60. The molecule has 0 aliphatic carbocycles. The van der Waals surface area contributed by atoms with Crippen molar-refractivity contribution in [3.05, 3.63) is 29.8 Å². The molecule has 1 atom stereocenters. The Morgan fingerprint density at radius 2 is 2.38 bits per heavy atom. The highest BCUT2D eigenvalue weighted by atomic mass is 32.1. The van der Waals surface area contributed by atoms with Crippen LogP contribution in [-0.4, -0.2) is 37.6 Å². The number of hydrogen-bond donors (Lipinski definition) is 2. The summed E-state index contributed by atoms with van der Waals surface area (Å²) in [5, 5.41) is 7.02. The van der Waals surface area contributed by atoms with Crippen molar-refractivity contribution in [1.29, 1.82) is 0 Å². The van der Waals surface area contributed by atoms with Crippen LogP contribution in [0, 0.1) is 6.92 Å². The van der Waals surface area contributed by atoms with Gasteiger partial charge in [0.15, 0.2) is 5.11 Å². The third-order valence-electron chi connectivity index (χ3n) is 3.35. The van der Waals surface area contributed by atoms with E-state index in [1.54, 1.807) is 0 Å². The number of aryl methyl sites for hydroxylation is 1. The van der Waals surface area contributed by atoms with Gasteiger partial charge in [-0.15, -0.1) is 0 Å². The van der Waals surface area contributed by atoms with E-state index in [2.05, 4.69) is 29.7 Å². The second-order valence-electron chi connectivity index (χ2n) is 5.31. The van der Waals surface area contributed by atoms with Crippen LogP contribution in [0.4, 0.5) is 5.69 Å². The maximum atomic E-state index is 5.60. The Kier molecular flexibility index (Phi) is 6.92. The van der Waals surface area contributed by atoms with Crippen LogP contribution in [0.1, 0.15) is 24.8 Å². The summed E-state index contributed by atoms with van der Waals surface area (Å²) in [7, 11) is 0. The number of nitrogens with one attached hydrogen (secondary N) is 2. The Labute approximate surface area is 132 Å². The van der Waals surface area contributed by atoms with Crippen LogP contribution in [0.2, 0.25) is 0 Å². The lowest BCUT2D eigenvalue weighted by Crippen LogP contribution is -2.30. The van der Waals surface area contributed by atoms with E-state index in [-0.39, 0.29) is 0 Å². The molecule has 2 rings (SSSR count). The van der Waals surface area contributed by atoms with E-state index in [9.17, 15) is 0 Å². The smallest absolute Gasteiger partial charge is 0.170 e. The van der Waals surface area contributed by atoms with Gasteiger partial charge in [-0.05, 0) is 56.1 Å². The van der Waals surface area contributed by atoms with E-state index in [0.717, 1.165) is 44.7 Å². The summed E-state index contributed by atoms with van der Waals surface area (Å²) in [5.41, 5.74) is 2.23. The fraction of sp³-hybridized carbons (Fsp3) is 0.562. The number of anilines is 1. The van der Waals surface area contributed by atoms with Crippen molar-refractivity contribution in [3.8, 4) is 0 Å². The Morgan fingerprint density at radius 3 is 3.14 bits per heavy atom. The molecule has 116 valence electrons. The number of benzene rings is 1. The molecule has 2 N–H and O–H groups in total. The molecule has 5 heteroatoms. The van der Waals surface area contributed by atoms with Gasteiger partial charge >= 0.3 is 0 Å². The predicted octanol–water partition coefficient (Wildman–Crippen LogP) is 2.87. The fourth-order valence-corrected chi connectivity index (χ4v) is 2.48. The van der Waals surface area contributed by atoms with E-state index < -0.39 is 0 Å². The van der Waals surface area contributed by atoms with Crippen LogP contribution in [-0.2, 0) is 9.47 Å². The molecular weight excluding hydrogens is 284 g/mol. The van der Waals surface area contributed by atoms with Crippen molar-refractivity contribution in [3.63, 3.8) is 0 Å². The van der Waals surface area contributed by atoms with Crippen LogP contribution >= 0.6 is 12.2 Å². The van der Waals surface area contributed by atoms with Crippen molar-refractivity contribution in [2.75, 3.05) is 31.7 Å². The highest BCUT2D eigenvalue weighted by Crippen LogP contribution is 2.12. The van der Waals surface area contributed by atoms with E-state index in [1.165, 1.54) is 5.56 Å². The molecule has 1 saturated heterocycles. The minimum Gasteiger partial charge on any atom is -0.379 e. The molecule has 0 radical (unpaired) electrons. The van der Waals surface area contributed by atoms with Crippen molar-refractivity contribution < 1.29 is 9.47 Å². The summed E-state index contributed by atoms with van der Waals surface area (Å²) in [4.78, 5) is 0. The van der Waals surface area contributed by atoms with Crippen LogP contribution in [0.25, 0.3) is 0 Å². The summed E-state index contributed by atoms with van der Waals surface area (Å²) in [6.07, 6.45) is 3.53. The second kappa shape index (κ2) is 8.97. The van der Waals surface area contributed by atoms with Gasteiger partial charge in [0.1, 0.15) is 0 Å². The van der Waals surface area contributed by atoms with Crippen molar-refractivity contribution >= 4 is 23.0 Å². The van der Waals surface area contributed by atoms with Crippen molar-refractivity contribution in [2.45, 2.75) is 32.3 Å². The Hall–Kier alpha value is -1.17. The van der Waals surface area contributed by atoms with Crippen molar-refractivity contribution in [2.24, 2.45) is 0 Å². The summed E-state index contributed by atoms with van der Waals surface area (Å²) in [6, 6.07) is 8.15. The first-order valence-electron chi connectivity index (χ1n) is 7.55. The van der Waals surface area contributed by atoms with Crippen molar-refractivity contribution in [1.82, 2.24) is 5.32 Å². The summed E-state index contributed by atoms with van der Waals surface area (Å²) in [6.45, 7) is 5.20. The first-order chi connectivity index (χ1) is 10.2. The minimum absolute atomic E-state index is 0.307. The molecule has 0 spiro atoms. The molecule has 1 fully saturated rings. The van der Waals surface area contributed by atoms with Gasteiger partial charge in [-0.1, -0.05) is 12.1 Å². The maximum absolute atomic E-state index is 5.60. The van der Waals surface area contributed by atoms with Gasteiger partial charge in [0.05, 0.1) is 12.7 Å². The Morgan fingerprint density at radius 1 is 1.48 bits per heavy atom. The molecule has 1 aliphatic rings. The summed E-state index contributed by atoms with van der Waals surface area (Å²) >= 11 is 5.26. The Balaban J connectivity index is 1.51. The number of rotatable bonds is 7. The summed E-state index contributed by atoms with van der Waals surface area (Å²) in [5.74, 6) is 0. The molecule has 0 aromatic heterocycles. The van der Waals surface area contributed by atoms with Gasteiger partial charge in [-0.2, -0.15) is 0 Å². The fourth-order valence-electron chi connectivity index (χ4n) is 2.26. The van der Waals surface area contributed by atoms with Gasteiger partial charge in [0, 0.05) is 25.4 Å². The Bertz CT molecular complexity index is 448. The maximum Gasteiger partial charge on any atom is 0.170 e. The molecule has 0 bridgehead atoms. The quantitative estimate of drug-likeness (QED) is 0.599. The molecule has 1 aromatic carbocycles. The monoisotopic (exact) mass is 308 g/mol. The largest absolute Gasteiger partial charge is 0.379 e. The number of hydrogen-bond acceptors (Lipinski definition) is 3. The standard InChI is InChI=1S/C16H24N2O2S/c1-13-5-2-6-14(11-13)18-16(21)17-8-4-9-19-12-15-7-3-10-20-15/h2,5-6,11,15H,3-4,7-10,12H2,1H3,(H2,17,18,21)/t15-/m1/s1. The molecule has 0 amide bonds. The lowest BCUT2D eigenvalue weighted by atomic mass is 10.2. The SMILES string of the molecule is Cc1cccc(NC(=S)NCCCOC[C@H]2CCCO2)c1. The van der Waals surface area contributed by atoms with Crippen LogP contribution in [0.15, 0.2) is 24.3 Å². The van der Waals surface area contributed by atoms with Gasteiger partial charge in [0.2, 0.25) is 0 Å². The molecule has 4 nitrogen and oxygen atoms in total. The van der Waals surface area contributed by atoms with Crippen LogP contribution in [0.3, 0.4) is 0 Å². The average molecular weight is 308 g/mol. The first-order valence-corrected chi connectivity index (χ1v) is 7.96. The van der Waals surface area contributed by atoms with Gasteiger partial charge < -0.3 is 20.1 Å². The molecule has 21 heavy (non-hydrogen) atoms. The average Bonchev–Trinajstić information content (AvgIpc) is 2.96. The minimum atomic E-state index is 0.307.